The lowest BCUT2D eigenvalue weighted by atomic mass is 10.3. The van der Waals surface area contributed by atoms with Crippen molar-refractivity contribution in [3.63, 3.8) is 0 Å². The Bertz CT molecular complexity index is 566. The average Bonchev–Trinajstić information content (AvgIpc) is 2.96. The van der Waals surface area contributed by atoms with Gasteiger partial charge in [-0.15, -0.1) is 15.3 Å². The first-order chi connectivity index (χ1) is 10.3. The molecule has 2 aromatic heterocycles. The van der Waals surface area contributed by atoms with Crippen LogP contribution < -0.4 is 10.1 Å². The Morgan fingerprint density at radius 2 is 1.95 bits per heavy atom. The van der Waals surface area contributed by atoms with Gasteiger partial charge in [-0.25, -0.2) is 0 Å². The van der Waals surface area contributed by atoms with Crippen molar-refractivity contribution in [2.24, 2.45) is 0 Å². The molecule has 0 aliphatic carbocycles. The van der Waals surface area contributed by atoms with E-state index < -0.39 is 0 Å². The van der Waals surface area contributed by atoms with E-state index in [1.165, 1.54) is 0 Å². The number of aromatic nitrogens is 4. The van der Waals surface area contributed by atoms with Crippen LogP contribution in [0.1, 0.15) is 0 Å². The maximum absolute atomic E-state index is 5.68. The molecule has 1 N–H and O–H groups in total. The fourth-order valence-electron chi connectivity index (χ4n) is 2.17. The number of hydrogen-bond donors (Lipinski definition) is 1. The Balaban J connectivity index is 1.52. The molecule has 3 heterocycles. The van der Waals surface area contributed by atoms with Gasteiger partial charge in [0.05, 0.1) is 6.54 Å². The number of halogens is 1. The molecule has 0 aromatic carbocycles. The van der Waals surface area contributed by atoms with Crippen molar-refractivity contribution in [1.82, 2.24) is 30.2 Å². The van der Waals surface area contributed by atoms with E-state index in [9.17, 15) is 0 Å². The van der Waals surface area contributed by atoms with E-state index >= 15 is 0 Å². The Morgan fingerprint density at radius 1 is 1.10 bits per heavy atom. The molecule has 1 saturated heterocycles. The lowest BCUT2D eigenvalue weighted by Crippen LogP contribution is -2.44. The first-order valence-electron chi connectivity index (χ1n) is 6.93. The van der Waals surface area contributed by atoms with Crippen molar-refractivity contribution in [1.29, 1.82) is 0 Å². The van der Waals surface area contributed by atoms with Crippen LogP contribution in [0.25, 0.3) is 0 Å². The van der Waals surface area contributed by atoms with E-state index in [0.717, 1.165) is 39.3 Å². The van der Waals surface area contributed by atoms with Gasteiger partial charge in [-0.1, -0.05) is 11.6 Å². The first kappa shape index (κ1) is 14.2. The Kier molecular flexibility index (Phi) is 4.64. The van der Waals surface area contributed by atoms with Crippen LogP contribution in [0.5, 0.6) is 11.8 Å². The normalized spacial score (nSPS) is 16.0. The van der Waals surface area contributed by atoms with Gasteiger partial charge in [0.25, 0.3) is 0 Å². The highest BCUT2D eigenvalue weighted by Crippen LogP contribution is 2.16. The SMILES string of the molecule is Clc1ccc(Oc2ccn(CCN3CCNCC3)n2)nn1. The summed E-state index contributed by atoms with van der Waals surface area (Å²) in [7, 11) is 0. The number of ether oxygens (including phenoxy) is 1. The second-order valence-corrected chi connectivity index (χ2v) is 5.19. The topological polar surface area (TPSA) is 68.1 Å². The minimum atomic E-state index is 0.337. The molecule has 0 unspecified atom stereocenters. The molecule has 0 spiro atoms. The fourth-order valence-corrected chi connectivity index (χ4v) is 2.27. The van der Waals surface area contributed by atoms with E-state index in [0.29, 0.717) is 16.9 Å². The third kappa shape index (κ3) is 4.13. The molecule has 7 nitrogen and oxygen atoms in total. The molecule has 112 valence electrons. The molecular formula is C13H17ClN6O. The minimum absolute atomic E-state index is 0.337. The zero-order valence-corrected chi connectivity index (χ0v) is 12.3. The van der Waals surface area contributed by atoms with Crippen LogP contribution in [-0.2, 0) is 6.54 Å². The summed E-state index contributed by atoms with van der Waals surface area (Å²) in [6.45, 7) is 6.13. The molecule has 0 atom stereocenters. The molecule has 1 fully saturated rings. The van der Waals surface area contributed by atoms with E-state index in [1.807, 2.05) is 16.9 Å². The second kappa shape index (κ2) is 6.84. The van der Waals surface area contributed by atoms with E-state index in [-0.39, 0.29) is 0 Å². The summed E-state index contributed by atoms with van der Waals surface area (Å²) in [5, 5.41) is 15.6. The third-order valence-corrected chi connectivity index (χ3v) is 3.49. The van der Waals surface area contributed by atoms with Gasteiger partial charge in [0.1, 0.15) is 0 Å². The monoisotopic (exact) mass is 308 g/mol. The Labute approximate surface area is 127 Å². The molecule has 8 heteroatoms. The van der Waals surface area contributed by atoms with Crippen LogP contribution in [0.2, 0.25) is 5.15 Å². The van der Waals surface area contributed by atoms with Crippen LogP contribution in [-0.4, -0.2) is 57.6 Å². The summed E-state index contributed by atoms with van der Waals surface area (Å²) in [6, 6.07) is 5.11. The van der Waals surface area contributed by atoms with Gasteiger partial charge in [-0.05, 0) is 6.07 Å². The number of nitrogens with one attached hydrogen (secondary N) is 1. The van der Waals surface area contributed by atoms with Crippen LogP contribution in [0.4, 0.5) is 0 Å². The van der Waals surface area contributed by atoms with Gasteiger partial charge in [-0.2, -0.15) is 0 Å². The Morgan fingerprint density at radius 3 is 2.71 bits per heavy atom. The summed E-state index contributed by atoms with van der Waals surface area (Å²) >= 11 is 5.68. The predicted molar refractivity (Wildman–Crippen MR) is 78.7 cm³/mol. The van der Waals surface area contributed by atoms with Gasteiger partial charge in [-0.3, -0.25) is 9.58 Å². The van der Waals surface area contributed by atoms with Gasteiger partial charge in [0, 0.05) is 51.1 Å². The molecule has 2 aromatic rings. The lowest BCUT2D eigenvalue weighted by molar-refractivity contribution is 0.228. The van der Waals surface area contributed by atoms with Crippen molar-refractivity contribution in [3.05, 3.63) is 29.5 Å². The van der Waals surface area contributed by atoms with Crippen LogP contribution in [0, 0.1) is 0 Å². The van der Waals surface area contributed by atoms with Crippen LogP contribution in [0.3, 0.4) is 0 Å². The van der Waals surface area contributed by atoms with Crippen molar-refractivity contribution in [2.45, 2.75) is 6.54 Å². The summed E-state index contributed by atoms with van der Waals surface area (Å²) in [5.41, 5.74) is 0. The van der Waals surface area contributed by atoms with Crippen molar-refractivity contribution in [2.75, 3.05) is 32.7 Å². The predicted octanol–water partition coefficient (Wildman–Crippen LogP) is 1.02. The van der Waals surface area contributed by atoms with E-state index in [1.54, 1.807) is 12.1 Å². The molecule has 0 saturated carbocycles. The zero-order chi connectivity index (χ0) is 14.5. The van der Waals surface area contributed by atoms with Crippen molar-refractivity contribution >= 4 is 11.6 Å². The third-order valence-electron chi connectivity index (χ3n) is 3.29. The van der Waals surface area contributed by atoms with E-state index in [2.05, 4.69) is 25.5 Å². The molecule has 0 radical (unpaired) electrons. The van der Waals surface area contributed by atoms with E-state index in [4.69, 9.17) is 16.3 Å². The van der Waals surface area contributed by atoms with Gasteiger partial charge >= 0.3 is 0 Å². The first-order valence-corrected chi connectivity index (χ1v) is 7.31. The Hall–Kier alpha value is -1.70. The van der Waals surface area contributed by atoms with Gasteiger partial charge < -0.3 is 10.1 Å². The lowest BCUT2D eigenvalue weighted by Gasteiger charge is -2.26. The second-order valence-electron chi connectivity index (χ2n) is 4.81. The number of piperazine rings is 1. The standard InChI is InChI=1S/C13H17ClN6O/c14-11-1-2-12(17-16-11)21-13-3-6-20(18-13)10-9-19-7-4-15-5-8-19/h1-3,6,15H,4-5,7-10H2. The van der Waals surface area contributed by atoms with Gasteiger partial charge in [0.15, 0.2) is 5.15 Å². The summed E-state index contributed by atoms with van der Waals surface area (Å²) in [6.07, 6.45) is 1.90. The summed E-state index contributed by atoms with van der Waals surface area (Å²) in [4.78, 5) is 2.42. The number of rotatable bonds is 5. The maximum atomic E-state index is 5.68. The molecule has 0 amide bonds. The smallest absolute Gasteiger partial charge is 0.240 e. The van der Waals surface area contributed by atoms with Crippen LogP contribution >= 0.6 is 11.6 Å². The molecule has 0 bridgehead atoms. The number of nitrogens with zero attached hydrogens (tertiary/aromatic N) is 5. The average molecular weight is 309 g/mol. The number of hydrogen-bond acceptors (Lipinski definition) is 6. The zero-order valence-electron chi connectivity index (χ0n) is 11.6. The summed E-state index contributed by atoms with van der Waals surface area (Å²) in [5.74, 6) is 0.888. The quantitative estimate of drug-likeness (QED) is 0.889. The highest BCUT2D eigenvalue weighted by atomic mass is 35.5. The molecule has 21 heavy (non-hydrogen) atoms. The molecule has 3 rings (SSSR count). The summed E-state index contributed by atoms with van der Waals surface area (Å²) < 4.78 is 7.39. The fraction of sp³-hybridized carbons (Fsp3) is 0.462. The molecule has 1 aliphatic heterocycles. The van der Waals surface area contributed by atoms with Crippen LogP contribution in [0.15, 0.2) is 24.4 Å². The maximum Gasteiger partial charge on any atom is 0.240 e. The van der Waals surface area contributed by atoms with Crippen molar-refractivity contribution < 1.29 is 4.74 Å². The highest BCUT2D eigenvalue weighted by molar-refractivity contribution is 6.29. The molecule has 1 aliphatic rings. The minimum Gasteiger partial charge on any atom is -0.417 e. The van der Waals surface area contributed by atoms with Crippen molar-refractivity contribution in [3.8, 4) is 11.8 Å². The van der Waals surface area contributed by atoms with Gasteiger partial charge in [0.2, 0.25) is 11.8 Å². The highest BCUT2D eigenvalue weighted by Gasteiger charge is 2.09. The largest absolute Gasteiger partial charge is 0.417 e. The molecular weight excluding hydrogens is 292 g/mol.